The summed E-state index contributed by atoms with van der Waals surface area (Å²) in [5.41, 5.74) is 13.9. The molecule has 1 aliphatic rings. The van der Waals surface area contributed by atoms with E-state index in [4.69, 9.17) is 14.4 Å². The van der Waals surface area contributed by atoms with E-state index in [1.54, 1.807) is 0 Å². The van der Waals surface area contributed by atoms with Crippen LogP contribution in [0.5, 0.6) is 0 Å². The molecule has 0 aliphatic carbocycles. The van der Waals surface area contributed by atoms with Gasteiger partial charge in [0, 0.05) is 48.1 Å². The quantitative estimate of drug-likeness (QED) is 0.170. The predicted molar refractivity (Wildman–Crippen MR) is 307 cm³/mol. The number of rotatable bonds is 5. The molecule has 1 aliphatic heterocycles. The molecule has 15 rings (SSSR count). The normalized spacial score (nSPS) is 16.1. The molecule has 72 heavy (non-hydrogen) atoms. The Balaban J connectivity index is 1.01. The van der Waals surface area contributed by atoms with E-state index < -0.39 is 0 Å². The number of hydrogen-bond donors (Lipinski definition) is 0. The van der Waals surface area contributed by atoms with Gasteiger partial charge in [-0.2, -0.15) is 0 Å². The molecule has 0 amide bonds. The van der Waals surface area contributed by atoms with Crippen molar-refractivity contribution in [1.29, 1.82) is 0 Å². The molecule has 0 radical (unpaired) electrons. The lowest BCUT2D eigenvalue weighted by molar-refractivity contribution is 0.669. The Bertz CT molecular complexity index is 4590. The van der Waals surface area contributed by atoms with E-state index in [0.29, 0.717) is 5.84 Å². The zero-order valence-corrected chi connectivity index (χ0v) is 40.2. The van der Waals surface area contributed by atoms with Gasteiger partial charge in [-0.3, -0.25) is 0 Å². The van der Waals surface area contributed by atoms with E-state index in [2.05, 4.69) is 218 Å². The Morgan fingerprint density at radius 1 is 0.417 bits per heavy atom. The highest BCUT2D eigenvalue weighted by Crippen LogP contribution is 2.46. The molecule has 4 heterocycles. The van der Waals surface area contributed by atoms with Crippen LogP contribution in [0.2, 0.25) is 0 Å². The summed E-state index contributed by atoms with van der Waals surface area (Å²) in [4.78, 5) is 11.4. The predicted octanol–water partition coefficient (Wildman–Crippen LogP) is 18.6. The Morgan fingerprint density at radius 3 is 1.74 bits per heavy atom. The molecule has 0 atom stereocenters. The summed E-state index contributed by atoms with van der Waals surface area (Å²) < 4.78 is 11.4. The maximum Gasteiger partial charge on any atom is 0.160 e. The van der Waals surface area contributed by atoms with Gasteiger partial charge in [0.15, 0.2) is 5.84 Å². The van der Waals surface area contributed by atoms with Crippen LogP contribution >= 0.6 is 11.3 Å². The van der Waals surface area contributed by atoms with E-state index in [9.17, 15) is 0 Å². The molecule has 0 unspecified atom stereocenters. The number of allylic oxidation sites excluding steroid dienone is 1. The van der Waals surface area contributed by atoms with E-state index in [0.717, 1.165) is 68.6 Å². The largest absolute Gasteiger partial charge is 0.456 e. The van der Waals surface area contributed by atoms with Gasteiger partial charge in [-0.1, -0.05) is 152 Å². The third kappa shape index (κ3) is 6.51. The maximum absolute atomic E-state index is 6.35. The minimum Gasteiger partial charge on any atom is -0.456 e. The Kier molecular flexibility index (Phi) is 9.14. The summed E-state index contributed by atoms with van der Waals surface area (Å²) in [6, 6.07) is 79.4. The number of amidine groups is 1. The Labute approximate surface area is 418 Å². The van der Waals surface area contributed by atoms with Crippen molar-refractivity contribution >= 4 is 125 Å². The zero-order valence-electron chi connectivity index (χ0n) is 39.4. The second kappa shape index (κ2) is 16.1. The van der Waals surface area contributed by atoms with E-state index in [1.165, 1.54) is 91.0 Å². The summed E-state index contributed by atoms with van der Waals surface area (Å²) in [6.45, 7) is 2.25. The van der Waals surface area contributed by atoms with Crippen LogP contribution in [-0.4, -0.2) is 16.1 Å². The van der Waals surface area contributed by atoms with Crippen LogP contribution in [0.25, 0.3) is 119 Å². The molecular weight excluding hydrogens is 895 g/mol. The van der Waals surface area contributed by atoms with Gasteiger partial charge in [-0.05, 0) is 141 Å². The van der Waals surface area contributed by atoms with Crippen molar-refractivity contribution in [1.82, 2.24) is 4.57 Å². The molecule has 4 nitrogen and oxygen atoms in total. The summed E-state index contributed by atoms with van der Waals surface area (Å²) >= 11 is 1.89. The lowest BCUT2D eigenvalue weighted by Gasteiger charge is -2.18. The molecule has 0 saturated carbocycles. The van der Waals surface area contributed by atoms with Crippen LogP contribution in [0.15, 0.2) is 238 Å². The number of benzene rings is 11. The minimum absolute atomic E-state index is 0.676. The molecule has 0 N–H and O–H groups in total. The first-order chi connectivity index (χ1) is 35.6. The fraction of sp³-hybridized carbons (Fsp3) is 0.0448. The van der Waals surface area contributed by atoms with Crippen LogP contribution in [-0.2, 0) is 0 Å². The summed E-state index contributed by atoms with van der Waals surface area (Å²) in [6.07, 6.45) is 1.52. The molecule has 11 aromatic carbocycles. The van der Waals surface area contributed by atoms with Crippen LogP contribution in [0.1, 0.15) is 36.5 Å². The summed E-state index contributed by atoms with van der Waals surface area (Å²) in [5.74, 6) is 0.676. The minimum atomic E-state index is 0.676. The van der Waals surface area contributed by atoms with Gasteiger partial charge < -0.3 is 8.98 Å². The first kappa shape index (κ1) is 40.9. The fourth-order valence-electron chi connectivity index (χ4n) is 11.4. The monoisotopic (exact) mass is 937 g/mol. The van der Waals surface area contributed by atoms with E-state index in [1.807, 2.05) is 23.5 Å². The Hall–Kier alpha value is -8.90. The summed E-state index contributed by atoms with van der Waals surface area (Å²) in [7, 11) is 0. The van der Waals surface area contributed by atoms with Crippen molar-refractivity contribution in [3.05, 3.63) is 241 Å². The van der Waals surface area contributed by atoms with Crippen molar-refractivity contribution in [2.75, 3.05) is 0 Å². The number of fused-ring (bicyclic) bond motifs is 13. The molecule has 0 spiro atoms. The van der Waals surface area contributed by atoms with Gasteiger partial charge in [0.05, 0.1) is 32.8 Å². The van der Waals surface area contributed by atoms with Gasteiger partial charge >= 0.3 is 0 Å². The van der Waals surface area contributed by atoms with Gasteiger partial charge in [0.2, 0.25) is 0 Å². The number of furan rings is 1. The molecule has 0 saturated heterocycles. The third-order valence-corrected chi connectivity index (χ3v) is 16.2. The summed E-state index contributed by atoms with van der Waals surface area (Å²) in [5, 5.41) is 14.5. The number of para-hydroxylation sites is 1. The van der Waals surface area contributed by atoms with Gasteiger partial charge in [-0.15, -0.1) is 11.3 Å². The standard InChI is InChI=1S/C67H43N3OS/c1-40-23-30-57(68-67(49-28-31-62-55(35-49)52-21-11-12-22-61(52)71-62)69-65(40)44-26-24-42(25-27-44)41-13-3-2-4-14-41)50-36-56-64-51-20-10-9-15-43(51)29-32-63(64)72-66(56)60(39-50)70-58-37-47-18-7-5-16-45(47)33-53(58)54-34-46-17-6-8-19-48(46)38-59(54)70/h2-22,24-29,31-39H,23,30H2,1H3/b65-40-,68-57+,69-67-. The number of thiophene rings is 1. The fourth-order valence-corrected chi connectivity index (χ4v) is 12.6. The molecule has 3 aromatic heterocycles. The molecular formula is C67H43N3OS. The average Bonchev–Trinajstić information content (AvgIpc) is 4.10. The number of hydrogen-bond acceptors (Lipinski definition) is 4. The van der Waals surface area contributed by atoms with Crippen molar-refractivity contribution in [2.45, 2.75) is 19.8 Å². The first-order valence-corrected chi connectivity index (χ1v) is 25.6. The van der Waals surface area contributed by atoms with Gasteiger partial charge in [0.25, 0.3) is 0 Å². The lowest BCUT2D eigenvalue weighted by Crippen LogP contribution is -2.11. The zero-order chi connectivity index (χ0) is 47.4. The van der Waals surface area contributed by atoms with Crippen molar-refractivity contribution < 1.29 is 4.42 Å². The molecule has 0 bridgehead atoms. The van der Waals surface area contributed by atoms with E-state index >= 15 is 0 Å². The molecule has 14 aromatic rings. The van der Waals surface area contributed by atoms with Crippen molar-refractivity contribution in [3.8, 4) is 16.8 Å². The third-order valence-electron chi connectivity index (χ3n) is 15.0. The topological polar surface area (TPSA) is 42.8 Å². The average molecular weight is 938 g/mol. The highest BCUT2D eigenvalue weighted by Gasteiger charge is 2.24. The second-order valence-electron chi connectivity index (χ2n) is 19.3. The smallest absolute Gasteiger partial charge is 0.160 e. The second-order valence-corrected chi connectivity index (χ2v) is 20.3. The molecule has 338 valence electrons. The highest BCUT2D eigenvalue weighted by molar-refractivity contribution is 7.26. The number of aromatic nitrogens is 1. The Morgan fingerprint density at radius 2 is 1.00 bits per heavy atom. The van der Waals surface area contributed by atoms with E-state index in [-0.39, 0.29) is 0 Å². The van der Waals surface area contributed by atoms with Crippen LogP contribution in [0, 0.1) is 0 Å². The van der Waals surface area contributed by atoms with Gasteiger partial charge in [0.1, 0.15) is 11.2 Å². The van der Waals surface area contributed by atoms with Crippen molar-refractivity contribution in [2.24, 2.45) is 9.98 Å². The van der Waals surface area contributed by atoms with Gasteiger partial charge in [-0.25, -0.2) is 9.98 Å². The lowest BCUT2D eigenvalue weighted by atomic mass is 9.95. The SMILES string of the molecule is C/C1=C(c2ccc(-c3ccccc3)cc2)/N=C(c2ccc3oc4ccccc4c3c2)\N=C(\c2cc(-n3c4cc5ccccc5cc4c4cc5ccccc5cc43)c3sc4ccc5ccccc5c4c3c2)CC1. The van der Waals surface area contributed by atoms with Crippen molar-refractivity contribution in [3.63, 3.8) is 0 Å². The van der Waals surface area contributed by atoms with Crippen LogP contribution in [0.4, 0.5) is 0 Å². The highest BCUT2D eigenvalue weighted by atomic mass is 32.1. The number of aliphatic imine (C=N–C) groups is 2. The molecule has 5 heteroatoms. The van der Waals surface area contributed by atoms with Crippen LogP contribution in [0.3, 0.4) is 0 Å². The molecule has 0 fully saturated rings. The number of nitrogens with zero attached hydrogens (tertiary/aromatic N) is 3. The first-order valence-electron chi connectivity index (χ1n) is 24.7. The van der Waals surface area contributed by atoms with Crippen LogP contribution < -0.4 is 0 Å². The maximum atomic E-state index is 6.35.